The number of amides is 1. The molecule has 4 rings (SSSR count). The number of hydrogen-bond donors (Lipinski definition) is 1. The first-order valence-electron chi connectivity index (χ1n) is 10.2. The Morgan fingerprint density at radius 3 is 2.79 bits per heavy atom. The molecule has 1 N–H and O–H groups in total. The Morgan fingerprint density at radius 2 is 2.00 bits per heavy atom. The maximum atomic E-state index is 13.1. The van der Waals surface area contributed by atoms with Gasteiger partial charge in [0.2, 0.25) is 5.91 Å². The van der Waals surface area contributed by atoms with Gasteiger partial charge in [0.1, 0.15) is 0 Å². The van der Waals surface area contributed by atoms with Crippen LogP contribution in [0.2, 0.25) is 0 Å². The highest BCUT2D eigenvalue weighted by atomic mass is 32.2. The van der Waals surface area contributed by atoms with Crippen LogP contribution in [0.3, 0.4) is 0 Å². The number of aromatic nitrogens is 2. The highest BCUT2D eigenvalue weighted by Crippen LogP contribution is 2.22. The number of hydrogen-bond acceptors (Lipinski definition) is 5. The molecule has 0 radical (unpaired) electrons. The first-order chi connectivity index (χ1) is 13.7. The Kier molecular flexibility index (Phi) is 6.32. The lowest BCUT2D eigenvalue weighted by atomic mass is 9.95. The van der Waals surface area contributed by atoms with Crippen LogP contribution in [0.25, 0.3) is 10.9 Å². The van der Waals surface area contributed by atoms with Gasteiger partial charge in [-0.15, -0.1) is 0 Å². The molecule has 7 heteroatoms. The molecule has 1 aliphatic heterocycles. The maximum Gasteiger partial charge on any atom is 0.262 e. The van der Waals surface area contributed by atoms with Crippen LogP contribution in [0.15, 0.2) is 34.2 Å². The van der Waals surface area contributed by atoms with E-state index in [9.17, 15) is 9.59 Å². The van der Waals surface area contributed by atoms with E-state index in [0.717, 1.165) is 32.3 Å². The number of thioether (sulfide) groups is 1. The molecule has 6 nitrogen and oxygen atoms in total. The molecular formula is C21H27N3O3S. The van der Waals surface area contributed by atoms with Crippen LogP contribution in [0.1, 0.15) is 44.9 Å². The number of benzene rings is 1. The molecule has 0 unspecified atom stereocenters. The van der Waals surface area contributed by atoms with Gasteiger partial charge in [0.25, 0.3) is 5.56 Å². The van der Waals surface area contributed by atoms with Crippen LogP contribution in [-0.4, -0.2) is 40.0 Å². The van der Waals surface area contributed by atoms with Crippen molar-refractivity contribution < 1.29 is 9.53 Å². The van der Waals surface area contributed by atoms with Crippen molar-refractivity contribution in [2.45, 2.75) is 68.8 Å². The standard InChI is InChI=1S/C21H27N3O3S/c25-19(22-15-7-2-1-3-8-15)14-28-21-23-18-11-5-4-10-17(18)20(26)24(21)13-16-9-6-12-27-16/h4-5,10-11,15-16H,1-3,6-9,12-14H2,(H,22,25)/t16-/m0/s1. The summed E-state index contributed by atoms with van der Waals surface area (Å²) in [5, 5.41) is 4.34. The second kappa shape index (κ2) is 9.09. The zero-order valence-corrected chi connectivity index (χ0v) is 16.9. The molecule has 0 bridgehead atoms. The number of fused-ring (bicyclic) bond motifs is 1. The number of ether oxygens (including phenoxy) is 1. The van der Waals surface area contributed by atoms with Crippen molar-refractivity contribution >= 4 is 28.6 Å². The average Bonchev–Trinajstić information content (AvgIpc) is 3.23. The van der Waals surface area contributed by atoms with Crippen molar-refractivity contribution in [2.24, 2.45) is 0 Å². The fourth-order valence-corrected chi connectivity index (χ4v) is 4.88. The van der Waals surface area contributed by atoms with Crippen molar-refractivity contribution in [2.75, 3.05) is 12.4 Å². The smallest absolute Gasteiger partial charge is 0.262 e. The summed E-state index contributed by atoms with van der Waals surface area (Å²) in [4.78, 5) is 30.2. The van der Waals surface area contributed by atoms with Crippen molar-refractivity contribution in [3.8, 4) is 0 Å². The third kappa shape index (κ3) is 4.58. The first kappa shape index (κ1) is 19.5. The first-order valence-corrected chi connectivity index (χ1v) is 11.2. The zero-order valence-electron chi connectivity index (χ0n) is 16.1. The molecule has 28 heavy (non-hydrogen) atoms. The quantitative estimate of drug-likeness (QED) is 0.595. The number of rotatable bonds is 6. The molecule has 150 valence electrons. The van der Waals surface area contributed by atoms with Crippen LogP contribution in [-0.2, 0) is 16.1 Å². The van der Waals surface area contributed by atoms with Crippen LogP contribution < -0.4 is 10.9 Å². The van der Waals surface area contributed by atoms with Gasteiger partial charge < -0.3 is 10.1 Å². The Bertz CT molecular complexity index is 886. The Labute approximate surface area is 169 Å². The lowest BCUT2D eigenvalue weighted by Gasteiger charge is -2.22. The summed E-state index contributed by atoms with van der Waals surface area (Å²) >= 11 is 1.34. The summed E-state index contributed by atoms with van der Waals surface area (Å²) in [6.45, 7) is 1.23. The van der Waals surface area contributed by atoms with Gasteiger partial charge in [-0.05, 0) is 37.8 Å². The highest BCUT2D eigenvalue weighted by Gasteiger charge is 2.21. The van der Waals surface area contributed by atoms with Gasteiger partial charge in [-0.3, -0.25) is 14.2 Å². The lowest BCUT2D eigenvalue weighted by molar-refractivity contribution is -0.119. The van der Waals surface area contributed by atoms with Crippen molar-refractivity contribution in [3.63, 3.8) is 0 Å². The van der Waals surface area contributed by atoms with Gasteiger partial charge in [0.05, 0.1) is 29.3 Å². The van der Waals surface area contributed by atoms with E-state index in [1.807, 2.05) is 18.2 Å². The highest BCUT2D eigenvalue weighted by molar-refractivity contribution is 7.99. The van der Waals surface area contributed by atoms with E-state index in [1.54, 1.807) is 10.6 Å². The molecular weight excluding hydrogens is 374 g/mol. The minimum absolute atomic E-state index is 0.0166. The Balaban J connectivity index is 1.52. The molecule has 1 aromatic carbocycles. The molecule has 1 amide bonds. The molecule has 2 aromatic rings. The number of carbonyl (C=O) groups is 1. The van der Waals surface area contributed by atoms with E-state index >= 15 is 0 Å². The Hall–Kier alpha value is -1.86. The van der Waals surface area contributed by atoms with Crippen LogP contribution in [0.4, 0.5) is 0 Å². The largest absolute Gasteiger partial charge is 0.376 e. The maximum absolute atomic E-state index is 13.1. The van der Waals surface area contributed by atoms with E-state index in [4.69, 9.17) is 4.74 Å². The molecule has 2 aliphatic rings. The van der Waals surface area contributed by atoms with Gasteiger partial charge in [-0.25, -0.2) is 4.98 Å². The number of nitrogens with one attached hydrogen (secondary N) is 1. The van der Waals surface area contributed by atoms with Gasteiger partial charge in [-0.2, -0.15) is 0 Å². The summed E-state index contributed by atoms with van der Waals surface area (Å²) < 4.78 is 7.42. The van der Waals surface area contributed by atoms with E-state index in [1.165, 1.54) is 31.0 Å². The van der Waals surface area contributed by atoms with E-state index in [0.29, 0.717) is 28.6 Å². The molecule has 1 saturated heterocycles. The van der Waals surface area contributed by atoms with Crippen molar-refractivity contribution in [3.05, 3.63) is 34.6 Å². The topological polar surface area (TPSA) is 73.2 Å². The molecule has 2 heterocycles. The van der Waals surface area contributed by atoms with Crippen LogP contribution >= 0.6 is 11.8 Å². The van der Waals surface area contributed by atoms with Crippen LogP contribution in [0, 0.1) is 0 Å². The summed E-state index contributed by atoms with van der Waals surface area (Å²) in [6, 6.07) is 7.68. The fraction of sp³-hybridized carbons (Fsp3) is 0.571. The van der Waals surface area contributed by atoms with Gasteiger partial charge in [-0.1, -0.05) is 43.2 Å². The summed E-state index contributed by atoms with van der Waals surface area (Å²) in [7, 11) is 0. The Morgan fingerprint density at radius 1 is 1.18 bits per heavy atom. The second-order valence-corrected chi connectivity index (χ2v) is 8.60. The molecule has 1 saturated carbocycles. The predicted molar refractivity (Wildman–Crippen MR) is 111 cm³/mol. The van der Waals surface area contributed by atoms with Gasteiger partial charge in [0, 0.05) is 12.6 Å². The molecule has 1 aromatic heterocycles. The fourth-order valence-electron chi connectivity index (χ4n) is 4.06. The molecule has 1 atom stereocenters. The normalized spacial score (nSPS) is 20.5. The molecule has 2 fully saturated rings. The summed E-state index contributed by atoms with van der Waals surface area (Å²) in [6.07, 6.45) is 7.77. The van der Waals surface area contributed by atoms with Gasteiger partial charge >= 0.3 is 0 Å². The third-order valence-electron chi connectivity index (χ3n) is 5.54. The minimum Gasteiger partial charge on any atom is -0.376 e. The molecule has 0 spiro atoms. The minimum atomic E-state index is -0.0590. The SMILES string of the molecule is O=C(CSc1nc2ccccc2c(=O)n1C[C@@H]1CCCO1)NC1CCCCC1. The number of nitrogens with zero attached hydrogens (tertiary/aromatic N) is 2. The summed E-state index contributed by atoms with van der Waals surface area (Å²) in [5.74, 6) is 0.287. The molecule has 1 aliphatic carbocycles. The predicted octanol–water partition coefficient (Wildman–Crippen LogP) is 3.12. The third-order valence-corrected chi connectivity index (χ3v) is 6.52. The van der Waals surface area contributed by atoms with E-state index in [2.05, 4.69) is 10.3 Å². The lowest BCUT2D eigenvalue weighted by Crippen LogP contribution is -2.37. The van der Waals surface area contributed by atoms with E-state index in [-0.39, 0.29) is 23.3 Å². The van der Waals surface area contributed by atoms with Crippen LogP contribution in [0.5, 0.6) is 0 Å². The average molecular weight is 402 g/mol. The zero-order chi connectivity index (χ0) is 19.3. The van der Waals surface area contributed by atoms with E-state index < -0.39 is 0 Å². The number of para-hydroxylation sites is 1. The summed E-state index contributed by atoms with van der Waals surface area (Å²) in [5.41, 5.74) is 0.613. The number of carbonyl (C=O) groups excluding carboxylic acids is 1. The van der Waals surface area contributed by atoms with Crippen molar-refractivity contribution in [1.29, 1.82) is 0 Å². The second-order valence-electron chi connectivity index (χ2n) is 7.65. The van der Waals surface area contributed by atoms with Crippen molar-refractivity contribution in [1.82, 2.24) is 14.9 Å². The van der Waals surface area contributed by atoms with Gasteiger partial charge in [0.15, 0.2) is 5.16 Å². The monoisotopic (exact) mass is 401 g/mol.